The molecular weight excluding hydrogens is 228 g/mol. The van der Waals surface area contributed by atoms with Gasteiger partial charge in [0.1, 0.15) is 0 Å². The number of alkyl halides is 1. The van der Waals surface area contributed by atoms with Crippen LogP contribution in [0.1, 0.15) is 23.7 Å². The molecule has 13 heavy (non-hydrogen) atoms. The molecular formula is C11H13BrO. The van der Waals surface area contributed by atoms with Crippen LogP contribution >= 0.6 is 15.9 Å². The lowest BCUT2D eigenvalue weighted by atomic mass is 9.96. The molecule has 0 N–H and O–H groups in total. The first kappa shape index (κ1) is 9.22. The molecule has 1 aromatic rings. The summed E-state index contributed by atoms with van der Waals surface area (Å²) < 4.78 is 5.71. The summed E-state index contributed by atoms with van der Waals surface area (Å²) in [4.78, 5) is 0. The van der Waals surface area contributed by atoms with E-state index in [9.17, 15) is 0 Å². The Labute approximate surface area is 87.2 Å². The fraction of sp³-hybridized carbons (Fsp3) is 0.455. The molecule has 70 valence electrons. The molecule has 1 nitrogen and oxygen atoms in total. The topological polar surface area (TPSA) is 9.23 Å². The summed E-state index contributed by atoms with van der Waals surface area (Å²) in [7, 11) is 0. The first-order valence-corrected chi connectivity index (χ1v) is 5.79. The third-order valence-corrected chi connectivity index (χ3v) is 2.92. The number of halogens is 1. The monoisotopic (exact) mass is 240 g/mol. The minimum atomic E-state index is 0.310. The third kappa shape index (κ3) is 1.94. The van der Waals surface area contributed by atoms with Crippen molar-refractivity contribution in [3.8, 4) is 0 Å². The van der Waals surface area contributed by atoms with E-state index < -0.39 is 0 Å². The second-order valence-corrected chi connectivity index (χ2v) is 4.08. The lowest BCUT2D eigenvalue weighted by molar-refractivity contribution is 0.0409. The van der Waals surface area contributed by atoms with Crippen molar-refractivity contribution in [2.75, 3.05) is 11.9 Å². The molecule has 2 heteroatoms. The van der Waals surface area contributed by atoms with Gasteiger partial charge in [-0.2, -0.15) is 0 Å². The molecule has 0 saturated carbocycles. The van der Waals surface area contributed by atoms with E-state index >= 15 is 0 Å². The summed E-state index contributed by atoms with van der Waals surface area (Å²) in [6, 6.07) is 8.59. The Morgan fingerprint density at radius 1 is 1.38 bits per heavy atom. The van der Waals surface area contributed by atoms with Gasteiger partial charge in [-0.3, -0.25) is 0 Å². The smallest absolute Gasteiger partial charge is 0.0835 e. The van der Waals surface area contributed by atoms with E-state index in [4.69, 9.17) is 4.74 Å². The highest BCUT2D eigenvalue weighted by Crippen LogP contribution is 2.29. The van der Waals surface area contributed by atoms with Crippen LogP contribution in [0.5, 0.6) is 0 Å². The molecule has 0 unspecified atom stereocenters. The van der Waals surface area contributed by atoms with Crippen molar-refractivity contribution < 1.29 is 4.74 Å². The van der Waals surface area contributed by atoms with Crippen LogP contribution in [0.2, 0.25) is 0 Å². The standard InChI is InChI=1S/C11H13BrO/c12-7-5-11-10-4-2-1-3-9(10)6-8-13-11/h1-4,11H,5-8H2/t11-/m1/s1. The number of hydrogen-bond acceptors (Lipinski definition) is 1. The molecule has 0 aromatic heterocycles. The zero-order chi connectivity index (χ0) is 9.10. The van der Waals surface area contributed by atoms with Crippen molar-refractivity contribution in [1.29, 1.82) is 0 Å². The zero-order valence-electron chi connectivity index (χ0n) is 7.50. The van der Waals surface area contributed by atoms with Crippen molar-refractivity contribution in [3.05, 3.63) is 35.4 Å². The van der Waals surface area contributed by atoms with Crippen molar-refractivity contribution in [1.82, 2.24) is 0 Å². The van der Waals surface area contributed by atoms with Gasteiger partial charge in [0.15, 0.2) is 0 Å². The molecule has 0 bridgehead atoms. The minimum Gasteiger partial charge on any atom is -0.373 e. The van der Waals surface area contributed by atoms with E-state index in [0.717, 1.165) is 24.8 Å². The van der Waals surface area contributed by atoms with E-state index in [1.165, 1.54) is 11.1 Å². The van der Waals surface area contributed by atoms with Crippen LogP contribution in [0.25, 0.3) is 0 Å². The van der Waals surface area contributed by atoms with Gasteiger partial charge in [-0.15, -0.1) is 0 Å². The Balaban J connectivity index is 2.26. The molecule has 1 heterocycles. The number of hydrogen-bond donors (Lipinski definition) is 0. The van der Waals surface area contributed by atoms with Crippen LogP contribution in [0, 0.1) is 0 Å². The quantitative estimate of drug-likeness (QED) is 0.723. The fourth-order valence-electron chi connectivity index (χ4n) is 1.81. The second-order valence-electron chi connectivity index (χ2n) is 3.29. The molecule has 1 aliphatic heterocycles. The largest absolute Gasteiger partial charge is 0.373 e. The minimum absolute atomic E-state index is 0.310. The highest BCUT2D eigenvalue weighted by atomic mass is 79.9. The maximum absolute atomic E-state index is 5.71. The van der Waals surface area contributed by atoms with E-state index in [1.807, 2.05) is 0 Å². The average Bonchev–Trinajstić information content (AvgIpc) is 2.19. The van der Waals surface area contributed by atoms with E-state index in [1.54, 1.807) is 0 Å². The molecule has 2 rings (SSSR count). The van der Waals surface area contributed by atoms with Crippen molar-refractivity contribution in [2.24, 2.45) is 0 Å². The van der Waals surface area contributed by atoms with Gasteiger partial charge in [0.25, 0.3) is 0 Å². The summed E-state index contributed by atoms with van der Waals surface area (Å²) in [5, 5.41) is 1.01. The molecule has 0 saturated heterocycles. The number of benzene rings is 1. The molecule has 0 spiro atoms. The first-order valence-electron chi connectivity index (χ1n) is 4.67. The van der Waals surface area contributed by atoms with Crippen molar-refractivity contribution in [2.45, 2.75) is 18.9 Å². The second kappa shape index (κ2) is 4.25. The van der Waals surface area contributed by atoms with Crippen LogP contribution in [-0.4, -0.2) is 11.9 Å². The summed E-state index contributed by atoms with van der Waals surface area (Å²) in [5.41, 5.74) is 2.84. The molecule has 0 radical (unpaired) electrons. The van der Waals surface area contributed by atoms with E-state index in [0.29, 0.717) is 6.10 Å². The Kier molecular flexibility index (Phi) is 3.01. The van der Waals surface area contributed by atoms with Gasteiger partial charge in [0.2, 0.25) is 0 Å². The van der Waals surface area contributed by atoms with Crippen LogP contribution in [-0.2, 0) is 11.2 Å². The highest BCUT2D eigenvalue weighted by molar-refractivity contribution is 9.09. The number of fused-ring (bicyclic) bond motifs is 1. The molecule has 1 aromatic carbocycles. The van der Waals surface area contributed by atoms with E-state index in [-0.39, 0.29) is 0 Å². The predicted molar refractivity (Wildman–Crippen MR) is 57.3 cm³/mol. The van der Waals surface area contributed by atoms with Crippen molar-refractivity contribution >= 4 is 15.9 Å². The number of rotatable bonds is 2. The maximum atomic E-state index is 5.71. The molecule has 0 fully saturated rings. The average molecular weight is 241 g/mol. The normalized spacial score (nSPS) is 21.2. The summed E-state index contributed by atoms with van der Waals surface area (Å²) in [6.45, 7) is 0.870. The van der Waals surface area contributed by atoms with Crippen LogP contribution in [0.15, 0.2) is 24.3 Å². The lowest BCUT2D eigenvalue weighted by Gasteiger charge is -2.25. The SMILES string of the molecule is BrCC[C@H]1OCCc2ccccc21. The van der Waals surface area contributed by atoms with Gasteiger partial charge in [0.05, 0.1) is 12.7 Å². The van der Waals surface area contributed by atoms with Gasteiger partial charge in [-0.05, 0) is 24.0 Å². The van der Waals surface area contributed by atoms with Crippen LogP contribution in [0.3, 0.4) is 0 Å². The Bertz CT molecular complexity index is 285. The summed E-state index contributed by atoms with van der Waals surface area (Å²) in [6.07, 6.45) is 2.44. The molecule has 0 amide bonds. The molecule has 1 aliphatic rings. The fourth-order valence-corrected chi connectivity index (χ4v) is 2.23. The summed E-state index contributed by atoms with van der Waals surface area (Å²) >= 11 is 3.46. The Morgan fingerprint density at radius 3 is 3.08 bits per heavy atom. The van der Waals surface area contributed by atoms with Gasteiger partial charge in [-0.25, -0.2) is 0 Å². The predicted octanol–water partition coefficient (Wildman–Crippen LogP) is 3.09. The highest BCUT2D eigenvalue weighted by Gasteiger charge is 2.18. The maximum Gasteiger partial charge on any atom is 0.0835 e. The lowest BCUT2D eigenvalue weighted by Crippen LogP contribution is -2.16. The first-order chi connectivity index (χ1) is 6.42. The van der Waals surface area contributed by atoms with Gasteiger partial charge >= 0.3 is 0 Å². The Morgan fingerprint density at radius 2 is 2.23 bits per heavy atom. The van der Waals surface area contributed by atoms with E-state index in [2.05, 4.69) is 40.2 Å². The van der Waals surface area contributed by atoms with Crippen LogP contribution < -0.4 is 0 Å². The van der Waals surface area contributed by atoms with Crippen LogP contribution in [0.4, 0.5) is 0 Å². The number of ether oxygens (including phenoxy) is 1. The summed E-state index contributed by atoms with van der Waals surface area (Å²) in [5.74, 6) is 0. The Hall–Kier alpha value is -0.340. The zero-order valence-corrected chi connectivity index (χ0v) is 9.09. The van der Waals surface area contributed by atoms with Crippen molar-refractivity contribution in [3.63, 3.8) is 0 Å². The third-order valence-electron chi connectivity index (χ3n) is 2.46. The molecule has 0 aliphatic carbocycles. The van der Waals surface area contributed by atoms with Gasteiger partial charge < -0.3 is 4.74 Å². The van der Waals surface area contributed by atoms with Gasteiger partial charge in [-0.1, -0.05) is 40.2 Å². The molecule has 1 atom stereocenters. The van der Waals surface area contributed by atoms with Gasteiger partial charge in [0, 0.05) is 5.33 Å².